The predicted molar refractivity (Wildman–Crippen MR) is 85.7 cm³/mol. The number of rotatable bonds is 10. The highest BCUT2D eigenvalue weighted by Crippen LogP contribution is 2.24. The van der Waals surface area contributed by atoms with Gasteiger partial charge in [-0.05, 0) is 51.6 Å². The van der Waals surface area contributed by atoms with Gasteiger partial charge in [0.05, 0.1) is 0 Å². The summed E-state index contributed by atoms with van der Waals surface area (Å²) in [5.74, 6) is 0.807. The number of nitrogens with zero attached hydrogens (tertiary/aromatic N) is 1. The normalized spacial score (nSPS) is 18.6. The first-order valence-electron chi connectivity index (χ1n) is 8.61. The van der Waals surface area contributed by atoms with Crippen LogP contribution in [0.5, 0.6) is 0 Å². The summed E-state index contributed by atoms with van der Waals surface area (Å²) in [7, 11) is 0. The first kappa shape index (κ1) is 17.0. The Labute approximate surface area is 121 Å². The van der Waals surface area contributed by atoms with Crippen LogP contribution in [0.1, 0.15) is 72.6 Å². The second-order valence-electron chi connectivity index (χ2n) is 6.78. The van der Waals surface area contributed by atoms with Crippen molar-refractivity contribution in [2.24, 2.45) is 5.92 Å². The molecule has 0 spiro atoms. The van der Waals surface area contributed by atoms with E-state index in [2.05, 4.69) is 37.9 Å². The molecule has 1 aliphatic rings. The number of hydrogen-bond acceptors (Lipinski definition) is 2. The third-order valence-corrected chi connectivity index (χ3v) is 4.33. The molecule has 19 heavy (non-hydrogen) atoms. The van der Waals surface area contributed by atoms with Gasteiger partial charge in [0.2, 0.25) is 0 Å². The summed E-state index contributed by atoms with van der Waals surface area (Å²) >= 11 is 0. The van der Waals surface area contributed by atoms with Gasteiger partial charge < -0.3 is 10.2 Å². The average molecular weight is 268 g/mol. The van der Waals surface area contributed by atoms with Crippen molar-refractivity contribution < 1.29 is 0 Å². The molecular formula is C17H36N2. The minimum atomic E-state index is 0.690. The van der Waals surface area contributed by atoms with Gasteiger partial charge in [0, 0.05) is 18.6 Å². The van der Waals surface area contributed by atoms with Crippen LogP contribution in [0.2, 0.25) is 0 Å². The zero-order valence-corrected chi connectivity index (χ0v) is 13.8. The second-order valence-corrected chi connectivity index (χ2v) is 6.78. The zero-order chi connectivity index (χ0) is 14.1. The number of unbranched alkanes of at least 4 members (excludes halogenated alkanes) is 1. The quantitative estimate of drug-likeness (QED) is 0.601. The van der Waals surface area contributed by atoms with Crippen LogP contribution in [0.25, 0.3) is 0 Å². The lowest BCUT2D eigenvalue weighted by molar-refractivity contribution is 0.173. The van der Waals surface area contributed by atoms with Crippen LogP contribution < -0.4 is 5.32 Å². The highest BCUT2D eigenvalue weighted by atomic mass is 15.2. The van der Waals surface area contributed by atoms with Crippen molar-refractivity contribution in [1.29, 1.82) is 0 Å². The van der Waals surface area contributed by atoms with Crippen molar-refractivity contribution in [2.45, 2.75) is 84.7 Å². The third-order valence-electron chi connectivity index (χ3n) is 4.33. The standard InChI is InChI=1S/C17H36N2/c1-5-18-16(4)10-8-9-13-19(14-15(2)3)17-11-6-7-12-17/h15-18H,5-14H2,1-4H3. The largest absolute Gasteiger partial charge is 0.315 e. The van der Waals surface area contributed by atoms with E-state index in [-0.39, 0.29) is 0 Å². The monoisotopic (exact) mass is 268 g/mol. The lowest BCUT2D eigenvalue weighted by atomic mass is 10.1. The van der Waals surface area contributed by atoms with Crippen LogP contribution in [0, 0.1) is 5.92 Å². The Morgan fingerprint density at radius 3 is 2.37 bits per heavy atom. The van der Waals surface area contributed by atoms with Crippen molar-refractivity contribution in [3.05, 3.63) is 0 Å². The predicted octanol–water partition coefficient (Wildman–Crippen LogP) is 4.06. The molecule has 114 valence electrons. The molecule has 1 unspecified atom stereocenters. The molecule has 0 radical (unpaired) electrons. The Hall–Kier alpha value is -0.0800. The fourth-order valence-electron chi connectivity index (χ4n) is 3.38. The maximum atomic E-state index is 3.51. The van der Waals surface area contributed by atoms with Gasteiger partial charge in [0.15, 0.2) is 0 Å². The SMILES string of the molecule is CCNC(C)CCCCN(CC(C)C)C1CCCC1. The summed E-state index contributed by atoms with van der Waals surface area (Å²) in [5.41, 5.74) is 0. The summed E-state index contributed by atoms with van der Waals surface area (Å²) in [6, 6.07) is 1.59. The van der Waals surface area contributed by atoms with Gasteiger partial charge in [-0.25, -0.2) is 0 Å². The molecule has 1 aliphatic carbocycles. The van der Waals surface area contributed by atoms with Gasteiger partial charge in [0.25, 0.3) is 0 Å². The third kappa shape index (κ3) is 7.31. The van der Waals surface area contributed by atoms with E-state index in [1.54, 1.807) is 0 Å². The minimum Gasteiger partial charge on any atom is -0.315 e. The van der Waals surface area contributed by atoms with Gasteiger partial charge in [-0.3, -0.25) is 0 Å². The Morgan fingerprint density at radius 1 is 1.11 bits per heavy atom. The van der Waals surface area contributed by atoms with E-state index < -0.39 is 0 Å². The Balaban J connectivity index is 2.20. The molecule has 1 rings (SSSR count). The summed E-state index contributed by atoms with van der Waals surface area (Å²) in [6.07, 6.45) is 9.87. The molecule has 0 aliphatic heterocycles. The molecule has 1 N–H and O–H groups in total. The summed E-state index contributed by atoms with van der Waals surface area (Å²) < 4.78 is 0. The van der Waals surface area contributed by atoms with E-state index in [9.17, 15) is 0 Å². The van der Waals surface area contributed by atoms with Crippen molar-refractivity contribution in [3.8, 4) is 0 Å². The topological polar surface area (TPSA) is 15.3 Å². The fourth-order valence-corrected chi connectivity index (χ4v) is 3.38. The first-order chi connectivity index (χ1) is 9.13. The van der Waals surface area contributed by atoms with Crippen molar-refractivity contribution in [2.75, 3.05) is 19.6 Å². The van der Waals surface area contributed by atoms with E-state index >= 15 is 0 Å². The first-order valence-corrected chi connectivity index (χ1v) is 8.61. The maximum absolute atomic E-state index is 3.51. The van der Waals surface area contributed by atoms with Crippen molar-refractivity contribution in [3.63, 3.8) is 0 Å². The average Bonchev–Trinajstić information content (AvgIpc) is 2.86. The second kappa shape index (κ2) is 9.77. The molecule has 1 saturated carbocycles. The van der Waals surface area contributed by atoms with Gasteiger partial charge >= 0.3 is 0 Å². The summed E-state index contributed by atoms with van der Waals surface area (Å²) in [4.78, 5) is 2.79. The van der Waals surface area contributed by atoms with Crippen LogP contribution >= 0.6 is 0 Å². The van der Waals surface area contributed by atoms with Crippen molar-refractivity contribution >= 4 is 0 Å². The van der Waals surface area contributed by atoms with Crippen LogP contribution in [0.3, 0.4) is 0 Å². The molecule has 2 nitrogen and oxygen atoms in total. The van der Waals surface area contributed by atoms with Gasteiger partial charge in [0.1, 0.15) is 0 Å². The van der Waals surface area contributed by atoms with Crippen LogP contribution in [-0.4, -0.2) is 36.6 Å². The molecule has 0 amide bonds. The molecule has 0 aromatic rings. The maximum Gasteiger partial charge on any atom is 0.00953 e. The molecule has 0 aromatic carbocycles. The van der Waals surface area contributed by atoms with E-state index in [0.29, 0.717) is 6.04 Å². The lowest BCUT2D eigenvalue weighted by Gasteiger charge is -2.30. The molecule has 0 heterocycles. The van der Waals surface area contributed by atoms with Crippen LogP contribution in [0.4, 0.5) is 0 Å². The van der Waals surface area contributed by atoms with Gasteiger partial charge in [-0.1, -0.05) is 40.0 Å². The highest BCUT2D eigenvalue weighted by Gasteiger charge is 2.22. The van der Waals surface area contributed by atoms with Crippen molar-refractivity contribution in [1.82, 2.24) is 10.2 Å². The lowest BCUT2D eigenvalue weighted by Crippen LogP contribution is -2.37. The number of hydrogen-bond donors (Lipinski definition) is 1. The molecule has 2 heteroatoms. The fraction of sp³-hybridized carbons (Fsp3) is 1.00. The summed E-state index contributed by atoms with van der Waals surface area (Å²) in [5, 5.41) is 3.51. The van der Waals surface area contributed by atoms with E-state index in [4.69, 9.17) is 0 Å². The minimum absolute atomic E-state index is 0.690. The molecule has 0 aromatic heterocycles. The molecular weight excluding hydrogens is 232 g/mol. The highest BCUT2D eigenvalue weighted by molar-refractivity contribution is 4.78. The number of nitrogens with one attached hydrogen (secondary N) is 1. The summed E-state index contributed by atoms with van der Waals surface area (Å²) in [6.45, 7) is 12.9. The van der Waals surface area contributed by atoms with E-state index in [1.165, 1.54) is 58.0 Å². The zero-order valence-electron chi connectivity index (χ0n) is 13.8. The molecule has 0 saturated heterocycles. The Bertz CT molecular complexity index is 209. The van der Waals surface area contributed by atoms with Crippen LogP contribution in [-0.2, 0) is 0 Å². The Kier molecular flexibility index (Phi) is 8.72. The molecule has 1 fully saturated rings. The molecule has 0 bridgehead atoms. The molecule has 1 atom stereocenters. The van der Waals surface area contributed by atoms with E-state index in [1.807, 2.05) is 0 Å². The van der Waals surface area contributed by atoms with E-state index in [0.717, 1.165) is 18.5 Å². The Morgan fingerprint density at radius 2 is 1.79 bits per heavy atom. The van der Waals surface area contributed by atoms with Gasteiger partial charge in [-0.15, -0.1) is 0 Å². The van der Waals surface area contributed by atoms with Crippen LogP contribution in [0.15, 0.2) is 0 Å². The van der Waals surface area contributed by atoms with Gasteiger partial charge in [-0.2, -0.15) is 0 Å². The smallest absolute Gasteiger partial charge is 0.00953 e.